The third-order valence-corrected chi connectivity index (χ3v) is 3.44. The molecule has 2 aromatic carbocycles. The van der Waals surface area contributed by atoms with Crippen molar-refractivity contribution < 1.29 is 13.2 Å². The molecule has 0 saturated carbocycles. The van der Waals surface area contributed by atoms with Crippen LogP contribution in [0.25, 0.3) is 22.2 Å². The maximum atomic E-state index is 12.7. The molecule has 102 valence electrons. The van der Waals surface area contributed by atoms with Crippen molar-refractivity contribution in [1.29, 1.82) is 0 Å². The van der Waals surface area contributed by atoms with Gasteiger partial charge in [0.05, 0.1) is 5.56 Å². The molecule has 1 N–H and O–H groups in total. The van der Waals surface area contributed by atoms with Crippen molar-refractivity contribution in [2.24, 2.45) is 0 Å². The highest BCUT2D eigenvalue weighted by Crippen LogP contribution is 2.34. The number of rotatable bonds is 1. The summed E-state index contributed by atoms with van der Waals surface area (Å²) in [5.74, 6) is 0. The van der Waals surface area contributed by atoms with Crippen LogP contribution in [-0.2, 0) is 6.18 Å². The third-order valence-electron chi connectivity index (χ3n) is 3.11. The molecule has 0 aliphatic carbocycles. The fourth-order valence-corrected chi connectivity index (χ4v) is 2.37. The molecule has 0 amide bonds. The van der Waals surface area contributed by atoms with Crippen molar-refractivity contribution in [1.82, 2.24) is 4.98 Å². The highest BCUT2D eigenvalue weighted by molar-refractivity contribution is 6.33. The quantitative estimate of drug-likeness (QED) is 0.609. The van der Waals surface area contributed by atoms with Gasteiger partial charge in [0.1, 0.15) is 0 Å². The molecule has 3 rings (SSSR count). The number of nitrogens with one attached hydrogen (secondary N) is 1. The van der Waals surface area contributed by atoms with Crippen molar-refractivity contribution >= 4 is 22.5 Å². The Kier molecular flexibility index (Phi) is 2.98. The molecule has 0 spiro atoms. The van der Waals surface area contributed by atoms with Gasteiger partial charge >= 0.3 is 6.18 Å². The van der Waals surface area contributed by atoms with Gasteiger partial charge in [0.2, 0.25) is 0 Å². The molecule has 0 radical (unpaired) electrons. The van der Waals surface area contributed by atoms with E-state index in [2.05, 4.69) is 4.98 Å². The Morgan fingerprint density at radius 2 is 1.70 bits per heavy atom. The minimum Gasteiger partial charge on any atom is -0.354 e. The van der Waals surface area contributed by atoms with Gasteiger partial charge < -0.3 is 4.98 Å². The molecule has 5 heteroatoms. The average Bonchev–Trinajstić information content (AvgIpc) is 2.80. The van der Waals surface area contributed by atoms with Gasteiger partial charge in [0.15, 0.2) is 0 Å². The molecular weight excluding hydrogens is 287 g/mol. The summed E-state index contributed by atoms with van der Waals surface area (Å²) in [6, 6.07) is 12.5. The van der Waals surface area contributed by atoms with Crippen LogP contribution in [0.15, 0.2) is 48.5 Å². The second-order valence-electron chi connectivity index (χ2n) is 4.46. The topological polar surface area (TPSA) is 15.8 Å². The summed E-state index contributed by atoms with van der Waals surface area (Å²) in [5, 5.41) is 1.06. The smallest absolute Gasteiger partial charge is 0.354 e. The van der Waals surface area contributed by atoms with Crippen LogP contribution in [0, 0.1) is 0 Å². The molecule has 0 saturated heterocycles. The monoisotopic (exact) mass is 295 g/mol. The van der Waals surface area contributed by atoms with Crippen LogP contribution in [0.4, 0.5) is 13.2 Å². The van der Waals surface area contributed by atoms with E-state index in [9.17, 15) is 13.2 Å². The van der Waals surface area contributed by atoms with E-state index in [4.69, 9.17) is 11.6 Å². The maximum Gasteiger partial charge on any atom is 0.416 e. The molecule has 0 fully saturated rings. The van der Waals surface area contributed by atoms with E-state index in [0.29, 0.717) is 21.6 Å². The van der Waals surface area contributed by atoms with Crippen molar-refractivity contribution in [2.45, 2.75) is 6.18 Å². The molecule has 1 heterocycles. The molecule has 0 aliphatic rings. The molecule has 1 nitrogen and oxygen atoms in total. The average molecular weight is 296 g/mol. The van der Waals surface area contributed by atoms with E-state index in [-0.39, 0.29) is 0 Å². The number of aromatic nitrogens is 1. The van der Waals surface area contributed by atoms with Crippen LogP contribution >= 0.6 is 11.6 Å². The van der Waals surface area contributed by atoms with Gasteiger partial charge in [-0.2, -0.15) is 13.2 Å². The molecule has 20 heavy (non-hydrogen) atoms. The van der Waals surface area contributed by atoms with E-state index in [0.717, 1.165) is 17.7 Å². The number of H-pyrrole nitrogens is 1. The zero-order valence-corrected chi connectivity index (χ0v) is 10.9. The lowest BCUT2D eigenvalue weighted by Crippen LogP contribution is -2.03. The highest BCUT2D eigenvalue weighted by Gasteiger charge is 2.30. The van der Waals surface area contributed by atoms with Crippen molar-refractivity contribution in [3.8, 4) is 11.3 Å². The Morgan fingerprint density at radius 3 is 2.40 bits per heavy atom. The van der Waals surface area contributed by atoms with Crippen LogP contribution in [0.3, 0.4) is 0 Å². The summed E-state index contributed by atoms with van der Waals surface area (Å²) in [6.45, 7) is 0. The molecule has 0 unspecified atom stereocenters. The van der Waals surface area contributed by atoms with Gasteiger partial charge in [0.25, 0.3) is 0 Å². The fraction of sp³-hybridized carbons (Fsp3) is 0.0667. The largest absolute Gasteiger partial charge is 0.416 e. The summed E-state index contributed by atoms with van der Waals surface area (Å²) in [5.41, 5.74) is 1.45. The number of fused-ring (bicyclic) bond motifs is 1. The number of benzene rings is 2. The van der Waals surface area contributed by atoms with Gasteiger partial charge in [0, 0.05) is 27.2 Å². The lowest BCUT2D eigenvalue weighted by atomic mass is 10.1. The molecule has 1 aromatic heterocycles. The molecular formula is C15H9ClF3N. The zero-order valence-electron chi connectivity index (χ0n) is 10.1. The first-order valence-corrected chi connectivity index (χ1v) is 6.28. The van der Waals surface area contributed by atoms with E-state index in [1.165, 1.54) is 6.07 Å². The first kappa shape index (κ1) is 13.1. The standard InChI is InChI=1S/C15H9ClF3N/c16-12-4-2-1-3-11(12)14-8-9-7-10(15(17,18)19)5-6-13(9)20-14/h1-8,20H. The SMILES string of the molecule is FC(F)(F)c1ccc2[nH]c(-c3ccccc3Cl)cc2c1. The van der Waals surface area contributed by atoms with Crippen LogP contribution in [0.1, 0.15) is 5.56 Å². The molecule has 0 aliphatic heterocycles. The number of hydrogen-bond acceptors (Lipinski definition) is 0. The lowest BCUT2D eigenvalue weighted by Gasteiger charge is -2.05. The Labute approximate surface area is 118 Å². The Bertz CT molecular complexity index is 774. The van der Waals surface area contributed by atoms with Gasteiger partial charge in [-0.3, -0.25) is 0 Å². The van der Waals surface area contributed by atoms with Crippen LogP contribution in [0.2, 0.25) is 5.02 Å². The third kappa shape index (κ3) is 2.27. The van der Waals surface area contributed by atoms with Crippen molar-refractivity contribution in [3.05, 3.63) is 59.1 Å². The highest BCUT2D eigenvalue weighted by atomic mass is 35.5. The second-order valence-corrected chi connectivity index (χ2v) is 4.87. The van der Waals surface area contributed by atoms with Crippen molar-refractivity contribution in [3.63, 3.8) is 0 Å². The van der Waals surface area contributed by atoms with Gasteiger partial charge in [-0.15, -0.1) is 0 Å². The lowest BCUT2D eigenvalue weighted by molar-refractivity contribution is -0.137. The second kappa shape index (κ2) is 4.56. The number of alkyl halides is 3. The Morgan fingerprint density at radius 1 is 0.950 bits per heavy atom. The summed E-state index contributed by atoms with van der Waals surface area (Å²) in [6.07, 6.45) is -4.34. The predicted octanol–water partition coefficient (Wildman–Crippen LogP) is 5.51. The van der Waals surface area contributed by atoms with E-state index in [1.807, 2.05) is 12.1 Å². The number of halogens is 4. The van der Waals surface area contributed by atoms with E-state index in [1.54, 1.807) is 18.2 Å². The summed E-state index contributed by atoms with van der Waals surface area (Å²) < 4.78 is 38.0. The number of hydrogen-bond donors (Lipinski definition) is 1. The van der Waals surface area contributed by atoms with Gasteiger partial charge in [-0.25, -0.2) is 0 Å². The van der Waals surface area contributed by atoms with Gasteiger partial charge in [-0.1, -0.05) is 29.8 Å². The zero-order chi connectivity index (χ0) is 14.3. The normalized spacial score (nSPS) is 12.0. The number of aromatic amines is 1. The minimum atomic E-state index is -4.34. The summed E-state index contributed by atoms with van der Waals surface area (Å²) in [7, 11) is 0. The summed E-state index contributed by atoms with van der Waals surface area (Å²) in [4.78, 5) is 3.08. The predicted molar refractivity (Wildman–Crippen MR) is 73.7 cm³/mol. The molecule has 0 atom stereocenters. The van der Waals surface area contributed by atoms with E-state index >= 15 is 0 Å². The van der Waals surface area contributed by atoms with Crippen LogP contribution in [0.5, 0.6) is 0 Å². The summed E-state index contributed by atoms with van der Waals surface area (Å²) >= 11 is 6.09. The van der Waals surface area contributed by atoms with Crippen LogP contribution < -0.4 is 0 Å². The molecule has 3 aromatic rings. The minimum absolute atomic E-state index is 0.509. The van der Waals surface area contributed by atoms with Crippen molar-refractivity contribution in [2.75, 3.05) is 0 Å². The molecule has 0 bridgehead atoms. The van der Waals surface area contributed by atoms with E-state index < -0.39 is 11.7 Å². The first-order chi connectivity index (χ1) is 9.45. The Hall–Kier alpha value is -1.94. The Balaban J connectivity index is 2.14. The first-order valence-electron chi connectivity index (χ1n) is 5.90. The maximum absolute atomic E-state index is 12.7. The van der Waals surface area contributed by atoms with Gasteiger partial charge in [-0.05, 0) is 30.3 Å². The van der Waals surface area contributed by atoms with Crippen LogP contribution in [-0.4, -0.2) is 4.98 Å². The fourth-order valence-electron chi connectivity index (χ4n) is 2.13.